The van der Waals surface area contributed by atoms with Gasteiger partial charge in [-0.3, -0.25) is 4.99 Å². The fraction of sp³-hybridized carbons (Fsp3) is 0.278. The third-order valence-electron chi connectivity index (χ3n) is 3.40. The number of ether oxygens (including phenoxy) is 1. The van der Waals surface area contributed by atoms with Gasteiger partial charge in [0, 0.05) is 32.8 Å². The normalized spacial score (nSPS) is 10.9. The molecule has 2 rings (SSSR count). The van der Waals surface area contributed by atoms with Gasteiger partial charge in [-0.2, -0.15) is 0 Å². The van der Waals surface area contributed by atoms with Crippen molar-refractivity contribution in [1.82, 2.24) is 10.6 Å². The molecule has 0 fully saturated rings. The predicted molar refractivity (Wildman–Crippen MR) is 106 cm³/mol. The maximum Gasteiger partial charge on any atom is 0.191 e. The molecule has 0 aromatic heterocycles. The molecule has 0 unspecified atom stereocenters. The Balaban J connectivity index is 0.00000288. The molecule has 2 aromatic rings. The molecule has 0 bridgehead atoms. The summed E-state index contributed by atoms with van der Waals surface area (Å²) in [6.45, 7) is 1.52. The van der Waals surface area contributed by atoms with Crippen LogP contribution in [0.5, 0.6) is 0 Å². The molecule has 2 aromatic carbocycles. The van der Waals surface area contributed by atoms with Gasteiger partial charge in [0.15, 0.2) is 5.96 Å². The quantitative estimate of drug-likeness (QED) is 0.409. The summed E-state index contributed by atoms with van der Waals surface area (Å²) in [6, 6.07) is 15.1. The van der Waals surface area contributed by atoms with E-state index in [-0.39, 0.29) is 36.4 Å². The maximum absolute atomic E-state index is 13.6. The van der Waals surface area contributed by atoms with Crippen LogP contribution in [0.2, 0.25) is 0 Å². The lowest BCUT2D eigenvalue weighted by Gasteiger charge is -2.13. The van der Waals surface area contributed by atoms with Crippen LogP contribution in [0.3, 0.4) is 0 Å². The van der Waals surface area contributed by atoms with Gasteiger partial charge in [-0.15, -0.1) is 24.0 Å². The number of hydrogen-bond acceptors (Lipinski definition) is 2. The molecule has 0 saturated heterocycles. The van der Waals surface area contributed by atoms with Crippen LogP contribution in [0.1, 0.15) is 16.7 Å². The van der Waals surface area contributed by atoms with Crippen LogP contribution in [-0.2, 0) is 24.4 Å². The topological polar surface area (TPSA) is 45.7 Å². The van der Waals surface area contributed by atoms with Crippen molar-refractivity contribution in [2.45, 2.75) is 19.7 Å². The van der Waals surface area contributed by atoms with E-state index in [1.165, 1.54) is 11.6 Å². The predicted octanol–water partition coefficient (Wildman–Crippen LogP) is 3.46. The average Bonchev–Trinajstić information content (AvgIpc) is 2.59. The van der Waals surface area contributed by atoms with Gasteiger partial charge in [-0.1, -0.05) is 36.4 Å². The number of nitrogens with zero attached hydrogens (tertiary/aromatic N) is 1. The first kappa shape index (κ1) is 20.4. The summed E-state index contributed by atoms with van der Waals surface area (Å²) in [4.78, 5) is 4.19. The van der Waals surface area contributed by atoms with Crippen LogP contribution >= 0.6 is 24.0 Å². The van der Waals surface area contributed by atoms with Gasteiger partial charge in [0.1, 0.15) is 5.82 Å². The molecule has 0 aliphatic carbocycles. The average molecular weight is 443 g/mol. The second kappa shape index (κ2) is 11.0. The molecule has 6 heteroatoms. The molecule has 0 aliphatic rings. The van der Waals surface area contributed by atoms with Gasteiger partial charge in [0.2, 0.25) is 0 Å². The lowest BCUT2D eigenvalue weighted by molar-refractivity contribution is 0.181. The number of aliphatic imine (C=N–C) groups is 1. The van der Waals surface area contributed by atoms with Crippen molar-refractivity contribution >= 4 is 29.9 Å². The van der Waals surface area contributed by atoms with E-state index in [0.29, 0.717) is 24.6 Å². The first-order chi connectivity index (χ1) is 11.2. The van der Waals surface area contributed by atoms with Crippen molar-refractivity contribution in [3.05, 3.63) is 71.0 Å². The van der Waals surface area contributed by atoms with E-state index in [2.05, 4.69) is 27.8 Å². The van der Waals surface area contributed by atoms with Crippen molar-refractivity contribution in [1.29, 1.82) is 0 Å². The van der Waals surface area contributed by atoms with Gasteiger partial charge in [-0.05, 0) is 23.3 Å². The fourth-order valence-corrected chi connectivity index (χ4v) is 2.19. The molecule has 130 valence electrons. The van der Waals surface area contributed by atoms with E-state index >= 15 is 0 Å². The Morgan fingerprint density at radius 2 is 1.71 bits per heavy atom. The van der Waals surface area contributed by atoms with E-state index in [0.717, 1.165) is 5.56 Å². The molecular formula is C18H23FIN3O. The molecule has 0 spiro atoms. The Kier molecular flexibility index (Phi) is 9.33. The summed E-state index contributed by atoms with van der Waals surface area (Å²) in [7, 11) is 3.28. The first-order valence-corrected chi connectivity index (χ1v) is 7.47. The second-order valence-electron chi connectivity index (χ2n) is 5.12. The van der Waals surface area contributed by atoms with E-state index in [9.17, 15) is 4.39 Å². The lowest BCUT2D eigenvalue weighted by Crippen LogP contribution is -2.36. The molecular weight excluding hydrogens is 420 g/mol. The zero-order chi connectivity index (χ0) is 16.5. The SMILES string of the molecule is CN=C(NCc1ccccc1)NCc1ccc(F)c(COC)c1.I. The summed E-state index contributed by atoms with van der Waals surface area (Å²) in [5.41, 5.74) is 2.71. The van der Waals surface area contributed by atoms with Crippen molar-refractivity contribution in [2.75, 3.05) is 14.2 Å². The summed E-state index contributed by atoms with van der Waals surface area (Å²) in [5.74, 6) is 0.452. The standard InChI is InChI=1S/C18H22FN3O.HI/c1-20-18(21-11-14-6-4-3-5-7-14)22-12-15-8-9-17(19)16(10-15)13-23-2;/h3-10H,11-13H2,1-2H3,(H2,20,21,22);1H. The highest BCUT2D eigenvalue weighted by molar-refractivity contribution is 14.0. The van der Waals surface area contributed by atoms with Crippen LogP contribution in [0.25, 0.3) is 0 Å². The molecule has 0 atom stereocenters. The van der Waals surface area contributed by atoms with E-state index in [1.54, 1.807) is 26.3 Å². The van der Waals surface area contributed by atoms with Crippen molar-refractivity contribution in [3.63, 3.8) is 0 Å². The zero-order valence-electron chi connectivity index (χ0n) is 13.9. The Labute approximate surface area is 159 Å². The van der Waals surface area contributed by atoms with Gasteiger partial charge in [0.05, 0.1) is 6.61 Å². The van der Waals surface area contributed by atoms with Crippen LogP contribution in [0.4, 0.5) is 4.39 Å². The van der Waals surface area contributed by atoms with Gasteiger partial charge >= 0.3 is 0 Å². The smallest absolute Gasteiger partial charge is 0.191 e. The Morgan fingerprint density at radius 1 is 1.04 bits per heavy atom. The molecule has 24 heavy (non-hydrogen) atoms. The van der Waals surface area contributed by atoms with Gasteiger partial charge in [-0.25, -0.2) is 4.39 Å². The van der Waals surface area contributed by atoms with Crippen LogP contribution in [-0.4, -0.2) is 20.1 Å². The Morgan fingerprint density at radius 3 is 2.33 bits per heavy atom. The molecule has 0 radical (unpaired) electrons. The zero-order valence-corrected chi connectivity index (χ0v) is 16.2. The van der Waals surface area contributed by atoms with Crippen molar-refractivity contribution < 1.29 is 9.13 Å². The summed E-state index contributed by atoms with van der Waals surface area (Å²) < 4.78 is 18.6. The largest absolute Gasteiger partial charge is 0.380 e. The number of nitrogens with one attached hydrogen (secondary N) is 2. The first-order valence-electron chi connectivity index (χ1n) is 7.47. The number of benzene rings is 2. The number of hydrogen-bond donors (Lipinski definition) is 2. The van der Waals surface area contributed by atoms with Crippen molar-refractivity contribution in [2.24, 2.45) is 4.99 Å². The minimum absolute atomic E-state index is 0. The van der Waals surface area contributed by atoms with Crippen LogP contribution < -0.4 is 10.6 Å². The summed E-state index contributed by atoms with van der Waals surface area (Å²) in [5, 5.41) is 6.47. The third kappa shape index (κ3) is 6.45. The molecule has 0 amide bonds. The highest BCUT2D eigenvalue weighted by Crippen LogP contribution is 2.11. The molecule has 2 N–H and O–H groups in total. The molecule has 4 nitrogen and oxygen atoms in total. The minimum Gasteiger partial charge on any atom is -0.380 e. The number of halogens is 2. The van der Waals surface area contributed by atoms with E-state index < -0.39 is 0 Å². The van der Waals surface area contributed by atoms with Crippen LogP contribution in [0, 0.1) is 5.82 Å². The lowest BCUT2D eigenvalue weighted by atomic mass is 10.1. The van der Waals surface area contributed by atoms with E-state index in [1.807, 2.05) is 18.2 Å². The van der Waals surface area contributed by atoms with Gasteiger partial charge in [0.25, 0.3) is 0 Å². The summed E-state index contributed by atoms with van der Waals surface area (Å²) in [6.07, 6.45) is 0. The fourth-order valence-electron chi connectivity index (χ4n) is 2.19. The Bertz CT molecular complexity index is 650. The molecule has 0 aliphatic heterocycles. The highest BCUT2D eigenvalue weighted by Gasteiger charge is 2.04. The molecule has 0 saturated carbocycles. The second-order valence-corrected chi connectivity index (χ2v) is 5.12. The Hall–Kier alpha value is -1.67. The van der Waals surface area contributed by atoms with Crippen molar-refractivity contribution in [3.8, 4) is 0 Å². The maximum atomic E-state index is 13.6. The summed E-state index contributed by atoms with van der Waals surface area (Å²) >= 11 is 0. The third-order valence-corrected chi connectivity index (χ3v) is 3.40. The van der Waals surface area contributed by atoms with E-state index in [4.69, 9.17) is 4.74 Å². The minimum atomic E-state index is -0.248. The highest BCUT2D eigenvalue weighted by atomic mass is 127. The number of guanidine groups is 1. The number of rotatable bonds is 6. The van der Waals surface area contributed by atoms with Gasteiger partial charge < -0.3 is 15.4 Å². The van der Waals surface area contributed by atoms with Crippen LogP contribution in [0.15, 0.2) is 53.5 Å². The molecule has 0 heterocycles. The number of methoxy groups -OCH3 is 1. The monoisotopic (exact) mass is 443 g/mol.